The van der Waals surface area contributed by atoms with Crippen molar-refractivity contribution >= 4 is 5.97 Å². The summed E-state index contributed by atoms with van der Waals surface area (Å²) in [4.78, 5) is 11.1. The number of aromatic carboxylic acids is 1. The summed E-state index contributed by atoms with van der Waals surface area (Å²) < 4.78 is 24.6. The molecule has 0 spiro atoms. The minimum absolute atomic E-state index is 0.00566. The van der Waals surface area contributed by atoms with Crippen LogP contribution in [0.2, 0.25) is 0 Å². The van der Waals surface area contributed by atoms with E-state index in [4.69, 9.17) is 14.6 Å². The Morgan fingerprint density at radius 1 is 1.29 bits per heavy atom. The van der Waals surface area contributed by atoms with Crippen molar-refractivity contribution in [1.29, 1.82) is 0 Å². The van der Waals surface area contributed by atoms with Gasteiger partial charge in [-0.15, -0.1) is 0 Å². The first-order valence-corrected chi connectivity index (χ1v) is 6.53. The van der Waals surface area contributed by atoms with Crippen molar-refractivity contribution < 1.29 is 23.8 Å². The number of carboxylic acid groups (broad SMARTS) is 1. The van der Waals surface area contributed by atoms with Crippen LogP contribution in [-0.2, 0) is 0 Å². The molecule has 21 heavy (non-hydrogen) atoms. The normalized spacial score (nSPS) is 16.1. The van der Waals surface area contributed by atoms with E-state index in [2.05, 4.69) is 0 Å². The SMILES string of the molecule is O=C(O)c1c(F)cccc1OCC1COc2ccccc21. The van der Waals surface area contributed by atoms with E-state index in [1.807, 2.05) is 24.3 Å². The lowest BCUT2D eigenvalue weighted by molar-refractivity contribution is 0.0686. The van der Waals surface area contributed by atoms with Gasteiger partial charge in [0.1, 0.15) is 22.9 Å². The van der Waals surface area contributed by atoms with Crippen LogP contribution >= 0.6 is 0 Å². The molecule has 1 aliphatic rings. The lowest BCUT2D eigenvalue weighted by Crippen LogP contribution is -2.14. The molecule has 108 valence electrons. The summed E-state index contributed by atoms with van der Waals surface area (Å²) in [5.41, 5.74) is 0.579. The molecule has 0 radical (unpaired) electrons. The summed E-state index contributed by atoms with van der Waals surface area (Å²) in [5, 5.41) is 9.05. The molecule has 1 aliphatic heterocycles. The molecule has 0 aromatic heterocycles. The molecule has 0 saturated heterocycles. The molecule has 3 rings (SSSR count). The molecular formula is C16H13FO4. The molecule has 5 heteroatoms. The van der Waals surface area contributed by atoms with E-state index in [1.165, 1.54) is 12.1 Å². The second-order valence-corrected chi connectivity index (χ2v) is 4.77. The van der Waals surface area contributed by atoms with Crippen molar-refractivity contribution in [3.05, 3.63) is 59.4 Å². The van der Waals surface area contributed by atoms with E-state index in [-0.39, 0.29) is 18.3 Å². The van der Waals surface area contributed by atoms with Gasteiger partial charge in [0.05, 0.1) is 19.1 Å². The Balaban J connectivity index is 1.78. The fraction of sp³-hybridized carbons (Fsp3) is 0.188. The summed E-state index contributed by atoms with van der Waals surface area (Å²) in [6.07, 6.45) is 0. The van der Waals surface area contributed by atoms with Gasteiger partial charge >= 0.3 is 5.97 Å². The van der Waals surface area contributed by atoms with Crippen molar-refractivity contribution in [2.45, 2.75) is 5.92 Å². The molecule has 0 bridgehead atoms. The number of fused-ring (bicyclic) bond motifs is 1. The highest BCUT2D eigenvalue weighted by Crippen LogP contribution is 2.34. The molecule has 2 aromatic carbocycles. The second kappa shape index (κ2) is 5.44. The highest BCUT2D eigenvalue weighted by molar-refractivity contribution is 5.91. The van der Waals surface area contributed by atoms with Crippen molar-refractivity contribution in [3.63, 3.8) is 0 Å². The van der Waals surface area contributed by atoms with Crippen LogP contribution in [-0.4, -0.2) is 24.3 Å². The minimum Gasteiger partial charge on any atom is -0.493 e. The number of para-hydroxylation sites is 1. The quantitative estimate of drug-likeness (QED) is 0.939. The predicted octanol–water partition coefficient (Wildman–Crippen LogP) is 3.08. The van der Waals surface area contributed by atoms with E-state index < -0.39 is 17.3 Å². The minimum atomic E-state index is -1.34. The lowest BCUT2D eigenvalue weighted by Gasteiger charge is -2.13. The highest BCUT2D eigenvalue weighted by atomic mass is 19.1. The summed E-state index contributed by atoms with van der Waals surface area (Å²) in [5.74, 6) is -1.30. The number of carbonyl (C=O) groups is 1. The number of carboxylic acids is 1. The third-order valence-corrected chi connectivity index (χ3v) is 3.43. The smallest absolute Gasteiger partial charge is 0.342 e. The van der Waals surface area contributed by atoms with Crippen LogP contribution in [0.3, 0.4) is 0 Å². The van der Waals surface area contributed by atoms with Gasteiger partial charge in [-0.25, -0.2) is 9.18 Å². The first-order chi connectivity index (χ1) is 10.2. The first kappa shape index (κ1) is 13.4. The van der Waals surface area contributed by atoms with Crippen molar-refractivity contribution in [1.82, 2.24) is 0 Å². The summed E-state index contributed by atoms with van der Waals surface area (Å²) >= 11 is 0. The van der Waals surface area contributed by atoms with Gasteiger partial charge in [0.15, 0.2) is 0 Å². The maximum absolute atomic E-state index is 13.6. The first-order valence-electron chi connectivity index (χ1n) is 6.53. The van der Waals surface area contributed by atoms with Gasteiger partial charge in [0.2, 0.25) is 0 Å². The Bertz CT molecular complexity index is 684. The number of rotatable bonds is 4. The van der Waals surface area contributed by atoms with Crippen LogP contribution in [0.25, 0.3) is 0 Å². The molecule has 1 heterocycles. The molecule has 0 aliphatic carbocycles. The van der Waals surface area contributed by atoms with E-state index in [1.54, 1.807) is 0 Å². The Labute approximate surface area is 120 Å². The average molecular weight is 288 g/mol. The van der Waals surface area contributed by atoms with E-state index in [0.29, 0.717) is 6.61 Å². The number of halogens is 1. The van der Waals surface area contributed by atoms with Crippen molar-refractivity contribution in [3.8, 4) is 11.5 Å². The Hall–Kier alpha value is -2.56. The number of hydrogen-bond donors (Lipinski definition) is 1. The average Bonchev–Trinajstić information content (AvgIpc) is 2.88. The van der Waals surface area contributed by atoms with Crippen molar-refractivity contribution in [2.24, 2.45) is 0 Å². The molecule has 2 aromatic rings. The Morgan fingerprint density at radius 2 is 2.10 bits per heavy atom. The Morgan fingerprint density at radius 3 is 2.90 bits per heavy atom. The molecule has 0 saturated carbocycles. The van der Waals surface area contributed by atoms with Crippen LogP contribution in [0.15, 0.2) is 42.5 Å². The monoisotopic (exact) mass is 288 g/mol. The second-order valence-electron chi connectivity index (χ2n) is 4.77. The molecule has 0 amide bonds. The van der Waals surface area contributed by atoms with E-state index in [0.717, 1.165) is 17.4 Å². The van der Waals surface area contributed by atoms with E-state index >= 15 is 0 Å². The molecule has 0 fully saturated rings. The van der Waals surface area contributed by atoms with Crippen LogP contribution < -0.4 is 9.47 Å². The van der Waals surface area contributed by atoms with Crippen molar-refractivity contribution in [2.75, 3.05) is 13.2 Å². The fourth-order valence-corrected chi connectivity index (χ4v) is 2.39. The van der Waals surface area contributed by atoms with Crippen LogP contribution in [0.1, 0.15) is 21.8 Å². The van der Waals surface area contributed by atoms with Gasteiger partial charge in [-0.3, -0.25) is 0 Å². The highest BCUT2D eigenvalue weighted by Gasteiger charge is 2.25. The molecule has 1 atom stereocenters. The van der Waals surface area contributed by atoms with Gasteiger partial charge < -0.3 is 14.6 Å². The molecule has 1 N–H and O–H groups in total. The summed E-state index contributed by atoms with van der Waals surface area (Å²) in [7, 11) is 0. The maximum Gasteiger partial charge on any atom is 0.342 e. The van der Waals surface area contributed by atoms with Gasteiger partial charge in [-0.1, -0.05) is 24.3 Å². The predicted molar refractivity (Wildman–Crippen MR) is 73.5 cm³/mol. The zero-order valence-corrected chi connectivity index (χ0v) is 11.1. The van der Waals surface area contributed by atoms with Crippen LogP contribution in [0, 0.1) is 5.82 Å². The third kappa shape index (κ3) is 2.54. The summed E-state index contributed by atoms with van der Waals surface area (Å²) in [6, 6.07) is 11.6. The fourth-order valence-electron chi connectivity index (χ4n) is 2.39. The Kier molecular flexibility index (Phi) is 3.48. The number of hydrogen-bond acceptors (Lipinski definition) is 3. The molecule has 4 nitrogen and oxygen atoms in total. The standard InChI is InChI=1S/C16H13FO4/c17-12-5-3-7-14(15(12)16(18)19)21-9-10-8-20-13-6-2-1-4-11(10)13/h1-7,10H,8-9H2,(H,18,19). The van der Waals surface area contributed by atoms with E-state index in [9.17, 15) is 9.18 Å². The van der Waals surface area contributed by atoms with Gasteiger partial charge in [0.25, 0.3) is 0 Å². The number of ether oxygens (including phenoxy) is 2. The van der Waals surface area contributed by atoms with Gasteiger partial charge in [-0.05, 0) is 18.2 Å². The lowest BCUT2D eigenvalue weighted by atomic mass is 10.0. The number of benzene rings is 2. The zero-order chi connectivity index (χ0) is 14.8. The maximum atomic E-state index is 13.6. The molecular weight excluding hydrogens is 275 g/mol. The third-order valence-electron chi connectivity index (χ3n) is 3.43. The topological polar surface area (TPSA) is 55.8 Å². The van der Waals surface area contributed by atoms with Gasteiger partial charge in [-0.2, -0.15) is 0 Å². The summed E-state index contributed by atoms with van der Waals surface area (Å²) in [6.45, 7) is 0.706. The largest absolute Gasteiger partial charge is 0.493 e. The van der Waals surface area contributed by atoms with Gasteiger partial charge in [0, 0.05) is 5.56 Å². The van der Waals surface area contributed by atoms with Crippen LogP contribution in [0.4, 0.5) is 4.39 Å². The van der Waals surface area contributed by atoms with Crippen LogP contribution in [0.5, 0.6) is 11.5 Å². The molecule has 1 unspecified atom stereocenters. The zero-order valence-electron chi connectivity index (χ0n) is 11.1.